The van der Waals surface area contributed by atoms with E-state index in [1.807, 2.05) is 6.08 Å². The van der Waals surface area contributed by atoms with Gasteiger partial charge in [-0.15, -0.1) is 0 Å². The SMILES string of the molecule is CCCCCCCCCCCCCC/C=C/CC/C=C/CC/C=C/C(O)C(CO)NC(=O)C(O)CCCCCCCCCCCCCCCCCC/C=C\C/C=C\CCCCCCCCCCCCCCCCC. The zero-order valence-electron chi connectivity index (χ0n) is 49.7. The maximum Gasteiger partial charge on any atom is 0.249 e. The largest absolute Gasteiger partial charge is 0.394 e. The summed E-state index contributed by atoms with van der Waals surface area (Å²) in [5, 5.41) is 33.4. The summed E-state index contributed by atoms with van der Waals surface area (Å²) in [4.78, 5) is 12.6. The van der Waals surface area contributed by atoms with E-state index in [9.17, 15) is 20.1 Å². The molecule has 3 atom stereocenters. The van der Waals surface area contributed by atoms with E-state index in [0.717, 1.165) is 51.4 Å². The first kappa shape index (κ1) is 72.0. The van der Waals surface area contributed by atoms with Gasteiger partial charge in [0.25, 0.3) is 0 Å². The molecule has 4 N–H and O–H groups in total. The van der Waals surface area contributed by atoms with Crippen molar-refractivity contribution in [2.45, 2.75) is 366 Å². The minimum atomic E-state index is -1.11. The standard InChI is InChI=1S/C69H129NO4/c1-3-5-7-9-11-13-15-17-19-21-23-25-27-28-29-30-31-32-33-34-35-36-37-38-39-40-41-42-44-46-48-50-52-54-56-58-60-62-64-68(73)69(74)70-66(65-71)67(72)63-61-59-57-55-53-51-49-47-45-43-26-24-22-20-18-16-14-12-10-8-6-4-2/h31-32,34-35,45,47,53,55,61,63,66-68,71-73H,3-30,33,36-44,46,48-52,54,56-60,62,64-65H2,1-2H3,(H,70,74)/b32-31-,35-34-,47-45+,55-53+,63-61+. The summed E-state index contributed by atoms with van der Waals surface area (Å²) in [5.41, 5.74) is 0. The van der Waals surface area contributed by atoms with Gasteiger partial charge in [-0.25, -0.2) is 0 Å². The van der Waals surface area contributed by atoms with Crippen LogP contribution in [0.15, 0.2) is 60.8 Å². The van der Waals surface area contributed by atoms with Crippen LogP contribution in [0.1, 0.15) is 348 Å². The third-order valence-corrected chi connectivity index (χ3v) is 15.3. The molecule has 5 nitrogen and oxygen atoms in total. The molecule has 0 aromatic heterocycles. The van der Waals surface area contributed by atoms with E-state index in [2.05, 4.69) is 67.8 Å². The topological polar surface area (TPSA) is 89.8 Å². The molecule has 0 saturated heterocycles. The number of carbonyl (C=O) groups is 1. The minimum Gasteiger partial charge on any atom is -0.394 e. The first-order valence-electron chi connectivity index (χ1n) is 33.1. The summed E-state index contributed by atoms with van der Waals surface area (Å²) in [7, 11) is 0. The number of aliphatic hydroxyl groups excluding tert-OH is 3. The summed E-state index contributed by atoms with van der Waals surface area (Å²) in [5.74, 6) is -0.514. The first-order chi connectivity index (χ1) is 36.6. The van der Waals surface area contributed by atoms with Gasteiger partial charge in [-0.2, -0.15) is 0 Å². The molecule has 3 unspecified atom stereocenters. The van der Waals surface area contributed by atoms with Gasteiger partial charge in [0.15, 0.2) is 0 Å². The lowest BCUT2D eigenvalue weighted by atomic mass is 10.0. The van der Waals surface area contributed by atoms with Crippen LogP contribution in [0.2, 0.25) is 0 Å². The quantitative estimate of drug-likeness (QED) is 0.0361. The van der Waals surface area contributed by atoms with Gasteiger partial charge >= 0.3 is 0 Å². The van der Waals surface area contributed by atoms with Crippen LogP contribution >= 0.6 is 0 Å². The summed E-state index contributed by atoms with van der Waals surface area (Å²) < 4.78 is 0. The van der Waals surface area contributed by atoms with Gasteiger partial charge in [-0.3, -0.25) is 4.79 Å². The van der Waals surface area contributed by atoms with Gasteiger partial charge in [0.1, 0.15) is 6.10 Å². The molecule has 0 heterocycles. The van der Waals surface area contributed by atoms with Gasteiger partial charge in [-0.05, 0) is 77.0 Å². The predicted molar refractivity (Wildman–Crippen MR) is 328 cm³/mol. The van der Waals surface area contributed by atoms with Crippen molar-refractivity contribution in [3.8, 4) is 0 Å². The predicted octanol–water partition coefficient (Wildman–Crippen LogP) is 21.3. The van der Waals surface area contributed by atoms with E-state index in [1.165, 1.54) is 276 Å². The minimum absolute atomic E-state index is 0.382. The molecule has 0 saturated carbocycles. The Balaban J connectivity index is 3.55. The molecule has 0 aromatic rings. The molecular weight excluding hydrogens is 907 g/mol. The second-order valence-electron chi connectivity index (χ2n) is 22.7. The maximum atomic E-state index is 12.6. The number of hydrogen-bond acceptors (Lipinski definition) is 4. The summed E-state index contributed by atoms with van der Waals surface area (Å²) >= 11 is 0. The fourth-order valence-corrected chi connectivity index (χ4v) is 10.2. The summed E-state index contributed by atoms with van der Waals surface area (Å²) in [6, 6.07) is -0.824. The van der Waals surface area contributed by atoms with Gasteiger partial charge in [-0.1, -0.05) is 331 Å². The number of allylic oxidation sites excluding steroid dienone is 9. The lowest BCUT2D eigenvalue weighted by Gasteiger charge is -2.21. The number of nitrogens with one attached hydrogen (secondary N) is 1. The lowest BCUT2D eigenvalue weighted by molar-refractivity contribution is -0.131. The Hall–Kier alpha value is -1.95. The zero-order chi connectivity index (χ0) is 53.6. The smallest absolute Gasteiger partial charge is 0.249 e. The van der Waals surface area contributed by atoms with Gasteiger partial charge in [0, 0.05) is 0 Å². The van der Waals surface area contributed by atoms with Crippen LogP contribution in [0.5, 0.6) is 0 Å². The average Bonchev–Trinajstić information content (AvgIpc) is 3.41. The normalized spacial score (nSPS) is 13.5. The lowest BCUT2D eigenvalue weighted by Crippen LogP contribution is -2.48. The first-order valence-corrected chi connectivity index (χ1v) is 33.1. The Kier molecular flexibility index (Phi) is 61.9. The zero-order valence-corrected chi connectivity index (χ0v) is 49.7. The van der Waals surface area contributed by atoms with E-state index in [4.69, 9.17) is 0 Å². The average molecular weight is 1040 g/mol. The van der Waals surface area contributed by atoms with Crippen molar-refractivity contribution in [2.75, 3.05) is 6.61 Å². The van der Waals surface area contributed by atoms with Gasteiger partial charge < -0.3 is 20.6 Å². The van der Waals surface area contributed by atoms with Crippen LogP contribution < -0.4 is 5.32 Å². The van der Waals surface area contributed by atoms with Crippen LogP contribution in [0.4, 0.5) is 0 Å². The van der Waals surface area contributed by atoms with Crippen molar-refractivity contribution >= 4 is 5.91 Å². The fourth-order valence-electron chi connectivity index (χ4n) is 10.2. The number of amides is 1. The van der Waals surface area contributed by atoms with Crippen molar-refractivity contribution in [3.63, 3.8) is 0 Å². The van der Waals surface area contributed by atoms with Crippen molar-refractivity contribution in [1.82, 2.24) is 5.32 Å². The third kappa shape index (κ3) is 57.7. The Labute approximate surface area is 462 Å². The van der Waals surface area contributed by atoms with Crippen LogP contribution in [-0.2, 0) is 4.79 Å². The molecule has 0 aromatic carbocycles. The molecule has 0 aliphatic carbocycles. The van der Waals surface area contributed by atoms with E-state index < -0.39 is 24.2 Å². The Bertz CT molecular complexity index is 1240. The summed E-state index contributed by atoms with van der Waals surface area (Å²) in [6.45, 7) is 4.20. The van der Waals surface area contributed by atoms with Crippen LogP contribution in [0, 0.1) is 0 Å². The van der Waals surface area contributed by atoms with Crippen molar-refractivity contribution in [1.29, 1.82) is 0 Å². The van der Waals surface area contributed by atoms with E-state index in [0.29, 0.717) is 6.42 Å². The molecule has 1 amide bonds. The van der Waals surface area contributed by atoms with Gasteiger partial charge in [0.2, 0.25) is 5.91 Å². The number of hydrogen-bond donors (Lipinski definition) is 4. The second kappa shape index (κ2) is 63.6. The molecule has 74 heavy (non-hydrogen) atoms. The molecular formula is C69H129NO4. The Morgan fingerprint density at radius 2 is 0.595 bits per heavy atom. The Morgan fingerprint density at radius 3 is 0.905 bits per heavy atom. The monoisotopic (exact) mass is 1040 g/mol. The number of carbonyl (C=O) groups excluding carboxylic acids is 1. The molecule has 434 valence electrons. The number of rotatable bonds is 61. The highest BCUT2D eigenvalue weighted by molar-refractivity contribution is 5.80. The molecule has 0 radical (unpaired) electrons. The molecule has 0 aliphatic heterocycles. The highest BCUT2D eigenvalue weighted by Crippen LogP contribution is 2.18. The van der Waals surface area contributed by atoms with E-state index in [-0.39, 0.29) is 6.61 Å². The van der Waals surface area contributed by atoms with E-state index >= 15 is 0 Å². The van der Waals surface area contributed by atoms with Crippen LogP contribution in [0.3, 0.4) is 0 Å². The van der Waals surface area contributed by atoms with Crippen LogP contribution in [-0.4, -0.2) is 46.1 Å². The van der Waals surface area contributed by atoms with E-state index in [1.54, 1.807) is 6.08 Å². The highest BCUT2D eigenvalue weighted by Gasteiger charge is 2.22. The summed E-state index contributed by atoms with van der Waals surface area (Å²) in [6.07, 6.45) is 87.8. The molecule has 0 rings (SSSR count). The van der Waals surface area contributed by atoms with Crippen molar-refractivity contribution in [2.24, 2.45) is 0 Å². The Morgan fingerprint density at radius 1 is 0.338 bits per heavy atom. The number of aliphatic hydroxyl groups is 3. The van der Waals surface area contributed by atoms with Crippen molar-refractivity contribution in [3.05, 3.63) is 60.8 Å². The van der Waals surface area contributed by atoms with Crippen LogP contribution in [0.25, 0.3) is 0 Å². The fraction of sp³-hybridized carbons (Fsp3) is 0.841. The molecule has 0 aliphatic rings. The highest BCUT2D eigenvalue weighted by atomic mass is 16.3. The molecule has 0 bridgehead atoms. The number of unbranched alkanes of at least 4 members (excludes halogenated alkanes) is 45. The van der Waals surface area contributed by atoms with Gasteiger partial charge in [0.05, 0.1) is 18.8 Å². The second-order valence-corrected chi connectivity index (χ2v) is 22.7. The maximum absolute atomic E-state index is 12.6. The molecule has 0 spiro atoms. The van der Waals surface area contributed by atoms with Crippen molar-refractivity contribution < 1.29 is 20.1 Å². The third-order valence-electron chi connectivity index (χ3n) is 15.3. The molecule has 5 heteroatoms. The molecule has 0 fully saturated rings.